The van der Waals surface area contributed by atoms with Gasteiger partial charge in [-0.3, -0.25) is 20.4 Å². The van der Waals surface area contributed by atoms with Gasteiger partial charge in [-0.1, -0.05) is 42.5 Å². The molecule has 0 aliphatic rings. The van der Waals surface area contributed by atoms with E-state index in [2.05, 4.69) is 5.43 Å². The summed E-state index contributed by atoms with van der Waals surface area (Å²) in [4.78, 5) is 23.8. The number of nitrogen functional groups attached to an aromatic ring is 2. The summed E-state index contributed by atoms with van der Waals surface area (Å²) in [6, 6.07) is 14.2. The normalized spacial score (nSPS) is 9.90. The summed E-state index contributed by atoms with van der Waals surface area (Å²) in [5.41, 5.74) is 5.83. The molecule has 0 saturated heterocycles. The molecule has 0 spiro atoms. The number of rotatable bonds is 3. The molecule has 0 radical (unpaired) electrons. The number of carbonyl (C=O) groups excluding carboxylic acids is 2. The molecule has 6 N–H and O–H groups in total. The van der Waals surface area contributed by atoms with Crippen molar-refractivity contribution < 1.29 is 9.59 Å². The first-order valence-electron chi connectivity index (χ1n) is 5.89. The summed E-state index contributed by atoms with van der Waals surface area (Å²) in [5, 5.41) is 0. The summed E-state index contributed by atoms with van der Waals surface area (Å²) in [7, 11) is 0. The highest BCUT2D eigenvalue weighted by molar-refractivity contribution is 6.11. The van der Waals surface area contributed by atoms with Crippen molar-refractivity contribution >= 4 is 11.8 Å². The highest BCUT2D eigenvalue weighted by atomic mass is 16.2. The van der Waals surface area contributed by atoms with E-state index in [4.69, 9.17) is 11.7 Å². The zero-order valence-corrected chi connectivity index (χ0v) is 10.6. The van der Waals surface area contributed by atoms with Crippen molar-refractivity contribution in [2.24, 2.45) is 11.7 Å². The van der Waals surface area contributed by atoms with Crippen LogP contribution in [0.1, 0.15) is 20.7 Å². The first kappa shape index (κ1) is 13.7. The van der Waals surface area contributed by atoms with Crippen molar-refractivity contribution in [3.8, 4) is 11.1 Å². The van der Waals surface area contributed by atoms with Crippen LogP contribution in [0, 0.1) is 0 Å². The third kappa shape index (κ3) is 2.51. The molecule has 6 nitrogen and oxygen atoms in total. The van der Waals surface area contributed by atoms with Crippen LogP contribution in [-0.4, -0.2) is 11.8 Å². The molecule has 6 heteroatoms. The van der Waals surface area contributed by atoms with Crippen LogP contribution in [0.4, 0.5) is 0 Å². The van der Waals surface area contributed by atoms with Gasteiger partial charge in [0.25, 0.3) is 11.8 Å². The molecular formula is C14H14N4O2. The van der Waals surface area contributed by atoms with Crippen molar-refractivity contribution in [1.82, 2.24) is 10.9 Å². The number of hydrogen-bond donors (Lipinski definition) is 4. The van der Waals surface area contributed by atoms with Crippen LogP contribution >= 0.6 is 0 Å². The van der Waals surface area contributed by atoms with E-state index in [0.29, 0.717) is 5.56 Å². The summed E-state index contributed by atoms with van der Waals surface area (Å²) >= 11 is 0. The molecule has 2 aromatic carbocycles. The lowest BCUT2D eigenvalue weighted by atomic mass is 9.94. The zero-order valence-electron chi connectivity index (χ0n) is 10.6. The molecule has 0 aliphatic carbocycles. The molecule has 0 aromatic heterocycles. The second kappa shape index (κ2) is 5.96. The number of nitrogens with two attached hydrogens (primary N) is 2. The van der Waals surface area contributed by atoms with E-state index in [9.17, 15) is 9.59 Å². The molecule has 0 atom stereocenters. The fourth-order valence-electron chi connectivity index (χ4n) is 1.99. The Morgan fingerprint density at radius 1 is 0.800 bits per heavy atom. The van der Waals surface area contributed by atoms with Crippen LogP contribution in [-0.2, 0) is 0 Å². The van der Waals surface area contributed by atoms with Crippen molar-refractivity contribution in [1.29, 1.82) is 0 Å². The number of carbonyl (C=O) groups is 2. The predicted octanol–water partition coefficient (Wildman–Crippen LogP) is 0.561. The van der Waals surface area contributed by atoms with Gasteiger partial charge in [-0.15, -0.1) is 0 Å². The van der Waals surface area contributed by atoms with Gasteiger partial charge in [0.2, 0.25) is 0 Å². The third-order valence-corrected chi connectivity index (χ3v) is 2.88. The van der Waals surface area contributed by atoms with Gasteiger partial charge in [-0.05, 0) is 17.2 Å². The molecule has 0 bridgehead atoms. The Bertz CT molecular complexity index is 641. The van der Waals surface area contributed by atoms with Crippen molar-refractivity contribution in [2.75, 3.05) is 0 Å². The van der Waals surface area contributed by atoms with Crippen LogP contribution in [0.15, 0.2) is 48.5 Å². The Balaban J connectivity index is 2.69. The maximum atomic E-state index is 12.0. The smallest absolute Gasteiger partial charge is 0.266 e. The minimum absolute atomic E-state index is 0.164. The lowest BCUT2D eigenvalue weighted by molar-refractivity contribution is 0.0920. The van der Waals surface area contributed by atoms with Gasteiger partial charge in [0, 0.05) is 0 Å². The SMILES string of the molecule is NNC(=O)c1cccc(-c2ccccc2)c1C(=O)NN. The van der Waals surface area contributed by atoms with Crippen LogP contribution in [0.25, 0.3) is 11.1 Å². The second-order valence-electron chi connectivity index (χ2n) is 4.04. The van der Waals surface area contributed by atoms with Crippen molar-refractivity contribution in [3.63, 3.8) is 0 Å². The zero-order chi connectivity index (χ0) is 14.5. The number of hydrazine groups is 2. The Labute approximate surface area is 115 Å². The number of nitrogens with one attached hydrogen (secondary N) is 2. The Kier molecular flexibility index (Phi) is 4.09. The van der Waals surface area contributed by atoms with Crippen molar-refractivity contribution in [2.45, 2.75) is 0 Å². The van der Waals surface area contributed by atoms with E-state index in [1.54, 1.807) is 12.1 Å². The van der Waals surface area contributed by atoms with Crippen LogP contribution < -0.4 is 22.5 Å². The lowest BCUT2D eigenvalue weighted by Crippen LogP contribution is -2.35. The maximum Gasteiger partial charge on any atom is 0.266 e. The predicted molar refractivity (Wildman–Crippen MR) is 75.2 cm³/mol. The standard InChI is InChI=1S/C14H14N4O2/c15-17-13(19)11-8-4-7-10(12(11)14(20)18-16)9-5-2-1-3-6-9/h1-8H,15-16H2,(H,17,19)(H,18,20). The minimum Gasteiger partial charge on any atom is -0.290 e. The van der Waals surface area contributed by atoms with Crippen LogP contribution in [0.3, 0.4) is 0 Å². The summed E-state index contributed by atoms with van der Waals surface area (Å²) < 4.78 is 0. The molecule has 0 fully saturated rings. The van der Waals surface area contributed by atoms with Crippen LogP contribution in [0.2, 0.25) is 0 Å². The van der Waals surface area contributed by atoms with E-state index in [0.717, 1.165) is 5.56 Å². The first-order valence-corrected chi connectivity index (χ1v) is 5.89. The molecule has 20 heavy (non-hydrogen) atoms. The summed E-state index contributed by atoms with van der Waals surface area (Å²) in [6.45, 7) is 0. The molecule has 2 amide bonds. The van der Waals surface area contributed by atoms with E-state index in [-0.39, 0.29) is 11.1 Å². The monoisotopic (exact) mass is 270 g/mol. The quantitative estimate of drug-likeness (QED) is 0.371. The molecule has 0 aliphatic heterocycles. The number of amides is 2. The number of benzene rings is 2. The van der Waals surface area contributed by atoms with Gasteiger partial charge >= 0.3 is 0 Å². The average Bonchev–Trinajstić information content (AvgIpc) is 2.53. The molecule has 0 heterocycles. The van der Waals surface area contributed by atoms with E-state index < -0.39 is 11.8 Å². The highest BCUT2D eigenvalue weighted by Gasteiger charge is 2.20. The Hall–Kier alpha value is -2.70. The van der Waals surface area contributed by atoms with E-state index >= 15 is 0 Å². The fourth-order valence-corrected chi connectivity index (χ4v) is 1.99. The van der Waals surface area contributed by atoms with Gasteiger partial charge in [-0.25, -0.2) is 11.7 Å². The molecule has 2 aromatic rings. The fraction of sp³-hybridized carbons (Fsp3) is 0. The largest absolute Gasteiger partial charge is 0.290 e. The summed E-state index contributed by atoms with van der Waals surface area (Å²) in [5.74, 6) is 9.23. The second-order valence-corrected chi connectivity index (χ2v) is 4.04. The molecule has 2 rings (SSSR count). The Morgan fingerprint density at radius 3 is 2.05 bits per heavy atom. The number of hydrogen-bond acceptors (Lipinski definition) is 4. The van der Waals surface area contributed by atoms with Gasteiger partial charge in [0.05, 0.1) is 11.1 Å². The lowest BCUT2D eigenvalue weighted by Gasteiger charge is -2.12. The van der Waals surface area contributed by atoms with E-state index in [1.807, 2.05) is 35.8 Å². The first-order chi connectivity index (χ1) is 9.69. The average molecular weight is 270 g/mol. The third-order valence-electron chi connectivity index (χ3n) is 2.88. The van der Waals surface area contributed by atoms with Gasteiger partial charge < -0.3 is 0 Å². The van der Waals surface area contributed by atoms with Gasteiger partial charge in [-0.2, -0.15) is 0 Å². The molecule has 0 unspecified atom stereocenters. The minimum atomic E-state index is -0.554. The highest BCUT2D eigenvalue weighted by Crippen LogP contribution is 2.26. The van der Waals surface area contributed by atoms with Crippen molar-refractivity contribution in [3.05, 3.63) is 59.7 Å². The Morgan fingerprint density at radius 2 is 1.45 bits per heavy atom. The summed E-state index contributed by atoms with van der Waals surface area (Å²) in [6.07, 6.45) is 0. The molecule has 0 saturated carbocycles. The van der Waals surface area contributed by atoms with Crippen LogP contribution in [0.5, 0.6) is 0 Å². The van der Waals surface area contributed by atoms with Gasteiger partial charge in [0.15, 0.2) is 0 Å². The molecule has 102 valence electrons. The topological polar surface area (TPSA) is 110 Å². The van der Waals surface area contributed by atoms with E-state index in [1.165, 1.54) is 6.07 Å². The van der Waals surface area contributed by atoms with Gasteiger partial charge in [0.1, 0.15) is 0 Å². The maximum absolute atomic E-state index is 12.0. The molecular weight excluding hydrogens is 256 g/mol.